The fourth-order valence-corrected chi connectivity index (χ4v) is 1.93. The number of alkyl halides is 3. The summed E-state index contributed by atoms with van der Waals surface area (Å²) in [7, 11) is 1.45. The highest BCUT2D eigenvalue weighted by Crippen LogP contribution is 2.34. The van der Waals surface area contributed by atoms with Crippen LogP contribution in [-0.4, -0.2) is 27.9 Å². The fraction of sp³-hybridized carbons (Fsp3) is 0.308. The fourth-order valence-electron chi connectivity index (χ4n) is 1.69. The van der Waals surface area contributed by atoms with E-state index in [1.165, 1.54) is 25.5 Å². The summed E-state index contributed by atoms with van der Waals surface area (Å²) in [5.74, 6) is -0.505. The van der Waals surface area contributed by atoms with Gasteiger partial charge in [0, 0.05) is 19.8 Å². The summed E-state index contributed by atoms with van der Waals surface area (Å²) in [6.07, 6.45) is -2.00. The van der Waals surface area contributed by atoms with Gasteiger partial charge in [0.25, 0.3) is 5.56 Å². The molecule has 2 aromatic rings. The molecule has 0 aliphatic rings. The first-order chi connectivity index (χ1) is 10.8. The molecule has 0 saturated heterocycles. The standard InChI is InChI=1S/C13H12ClF3N4O2/c1-21-12(22)10(14)9(7-20-21)18-5-6-23-11-8(13(15,16)17)3-2-4-19-11/h2-4,7,18H,5-6H2,1H3. The van der Waals surface area contributed by atoms with Crippen LogP contribution >= 0.6 is 11.6 Å². The van der Waals surface area contributed by atoms with Crippen molar-refractivity contribution in [2.75, 3.05) is 18.5 Å². The highest BCUT2D eigenvalue weighted by atomic mass is 35.5. The molecular formula is C13H12ClF3N4O2. The van der Waals surface area contributed by atoms with Gasteiger partial charge in [0.05, 0.1) is 11.9 Å². The Kier molecular flexibility index (Phi) is 5.09. The van der Waals surface area contributed by atoms with Crippen molar-refractivity contribution in [1.82, 2.24) is 14.8 Å². The van der Waals surface area contributed by atoms with Crippen molar-refractivity contribution in [1.29, 1.82) is 0 Å². The van der Waals surface area contributed by atoms with Crippen LogP contribution in [0.4, 0.5) is 18.9 Å². The van der Waals surface area contributed by atoms with E-state index < -0.39 is 23.2 Å². The van der Waals surface area contributed by atoms with Gasteiger partial charge in [-0.25, -0.2) is 9.67 Å². The van der Waals surface area contributed by atoms with E-state index >= 15 is 0 Å². The molecule has 0 aromatic carbocycles. The van der Waals surface area contributed by atoms with Gasteiger partial charge in [-0.3, -0.25) is 4.79 Å². The van der Waals surface area contributed by atoms with Crippen LogP contribution in [0.15, 0.2) is 29.3 Å². The molecule has 23 heavy (non-hydrogen) atoms. The molecule has 6 nitrogen and oxygen atoms in total. The van der Waals surface area contributed by atoms with Crippen molar-refractivity contribution in [2.45, 2.75) is 6.18 Å². The number of aryl methyl sites for hydroxylation is 1. The zero-order chi connectivity index (χ0) is 17.0. The van der Waals surface area contributed by atoms with Crippen molar-refractivity contribution in [3.63, 3.8) is 0 Å². The van der Waals surface area contributed by atoms with Gasteiger partial charge in [-0.05, 0) is 12.1 Å². The molecule has 2 heterocycles. The molecule has 0 radical (unpaired) electrons. The number of nitrogens with one attached hydrogen (secondary N) is 1. The summed E-state index contributed by atoms with van der Waals surface area (Å²) in [5, 5.41) is 6.49. The SMILES string of the molecule is Cn1ncc(NCCOc2ncccc2C(F)(F)F)c(Cl)c1=O. The van der Waals surface area contributed by atoms with E-state index in [0.717, 1.165) is 10.7 Å². The molecule has 10 heteroatoms. The van der Waals surface area contributed by atoms with Crippen molar-refractivity contribution in [3.8, 4) is 5.88 Å². The van der Waals surface area contributed by atoms with E-state index in [-0.39, 0.29) is 23.9 Å². The van der Waals surface area contributed by atoms with E-state index in [9.17, 15) is 18.0 Å². The largest absolute Gasteiger partial charge is 0.475 e. The molecular weight excluding hydrogens is 337 g/mol. The second kappa shape index (κ2) is 6.86. The highest BCUT2D eigenvalue weighted by Gasteiger charge is 2.34. The topological polar surface area (TPSA) is 69.0 Å². The number of pyridine rings is 1. The Morgan fingerprint density at radius 3 is 2.87 bits per heavy atom. The van der Waals surface area contributed by atoms with Gasteiger partial charge >= 0.3 is 6.18 Å². The van der Waals surface area contributed by atoms with Crippen molar-refractivity contribution >= 4 is 17.3 Å². The molecule has 0 aliphatic heterocycles. The number of nitrogens with zero attached hydrogens (tertiary/aromatic N) is 3. The Balaban J connectivity index is 1.97. The second-order valence-electron chi connectivity index (χ2n) is 4.43. The van der Waals surface area contributed by atoms with Gasteiger partial charge in [-0.2, -0.15) is 18.3 Å². The maximum Gasteiger partial charge on any atom is 0.421 e. The molecule has 2 aromatic heterocycles. The molecule has 0 aliphatic carbocycles. The highest BCUT2D eigenvalue weighted by molar-refractivity contribution is 6.32. The summed E-state index contributed by atoms with van der Waals surface area (Å²) < 4.78 is 44.4. The smallest absolute Gasteiger partial charge is 0.421 e. The van der Waals surface area contributed by atoms with Crippen LogP contribution in [0.1, 0.15) is 5.56 Å². The van der Waals surface area contributed by atoms with Gasteiger partial charge in [0.1, 0.15) is 17.2 Å². The van der Waals surface area contributed by atoms with Crippen LogP contribution < -0.4 is 15.6 Å². The van der Waals surface area contributed by atoms with Gasteiger partial charge in [0.2, 0.25) is 5.88 Å². The summed E-state index contributed by atoms with van der Waals surface area (Å²) in [6, 6.07) is 2.07. The van der Waals surface area contributed by atoms with Crippen LogP contribution in [-0.2, 0) is 13.2 Å². The molecule has 124 valence electrons. The lowest BCUT2D eigenvalue weighted by Crippen LogP contribution is -2.22. The molecule has 2 rings (SSSR count). The number of halogens is 4. The van der Waals surface area contributed by atoms with E-state index in [4.69, 9.17) is 16.3 Å². The lowest BCUT2D eigenvalue weighted by Gasteiger charge is -2.13. The van der Waals surface area contributed by atoms with Crippen molar-refractivity contribution < 1.29 is 17.9 Å². The number of anilines is 1. The van der Waals surface area contributed by atoms with Crippen LogP contribution in [0.25, 0.3) is 0 Å². The first kappa shape index (κ1) is 17.1. The lowest BCUT2D eigenvalue weighted by atomic mass is 10.2. The van der Waals surface area contributed by atoms with Gasteiger partial charge in [0.15, 0.2) is 0 Å². The Morgan fingerprint density at radius 1 is 1.43 bits per heavy atom. The molecule has 0 unspecified atom stereocenters. The first-order valence-corrected chi connectivity index (χ1v) is 6.79. The molecule has 1 N–H and O–H groups in total. The average molecular weight is 349 g/mol. The van der Waals surface area contributed by atoms with E-state index in [0.29, 0.717) is 0 Å². The number of rotatable bonds is 5. The molecule has 0 atom stereocenters. The minimum absolute atomic E-state index is 0.0590. The third-order valence-electron chi connectivity index (χ3n) is 2.81. The summed E-state index contributed by atoms with van der Waals surface area (Å²) in [5.41, 5.74) is -1.16. The summed E-state index contributed by atoms with van der Waals surface area (Å²) >= 11 is 5.84. The molecule has 0 saturated carbocycles. The molecule has 0 fully saturated rings. The van der Waals surface area contributed by atoms with Crippen LogP contribution in [0.2, 0.25) is 5.02 Å². The van der Waals surface area contributed by atoms with E-state index in [1.807, 2.05) is 0 Å². The van der Waals surface area contributed by atoms with Crippen LogP contribution in [0, 0.1) is 0 Å². The minimum Gasteiger partial charge on any atom is -0.475 e. The van der Waals surface area contributed by atoms with Crippen molar-refractivity contribution in [2.24, 2.45) is 7.05 Å². The normalized spacial score (nSPS) is 11.3. The average Bonchev–Trinajstić information content (AvgIpc) is 2.50. The zero-order valence-electron chi connectivity index (χ0n) is 11.9. The van der Waals surface area contributed by atoms with Gasteiger partial charge in [-0.15, -0.1) is 0 Å². The Labute approximate surface area is 133 Å². The Hall–Kier alpha value is -2.29. The maximum absolute atomic E-state index is 12.8. The molecule has 0 amide bonds. The lowest BCUT2D eigenvalue weighted by molar-refractivity contribution is -0.139. The second-order valence-corrected chi connectivity index (χ2v) is 4.81. The number of aromatic nitrogens is 3. The summed E-state index contributed by atoms with van der Waals surface area (Å²) in [6.45, 7) is 0.00801. The first-order valence-electron chi connectivity index (χ1n) is 6.41. The van der Waals surface area contributed by atoms with Gasteiger partial charge < -0.3 is 10.1 Å². The number of hydrogen-bond donors (Lipinski definition) is 1. The Morgan fingerprint density at radius 2 is 2.17 bits per heavy atom. The minimum atomic E-state index is -4.55. The van der Waals surface area contributed by atoms with Crippen molar-refractivity contribution in [3.05, 3.63) is 45.5 Å². The maximum atomic E-state index is 12.8. The quantitative estimate of drug-likeness (QED) is 0.840. The number of ether oxygens (including phenoxy) is 1. The number of hydrogen-bond acceptors (Lipinski definition) is 5. The predicted molar refractivity (Wildman–Crippen MR) is 77.7 cm³/mol. The molecule has 0 spiro atoms. The Bertz CT molecular complexity index is 749. The zero-order valence-corrected chi connectivity index (χ0v) is 12.6. The summed E-state index contributed by atoms with van der Waals surface area (Å²) in [4.78, 5) is 15.1. The third kappa shape index (κ3) is 4.13. The third-order valence-corrected chi connectivity index (χ3v) is 3.18. The van der Waals surface area contributed by atoms with Crippen LogP contribution in [0.3, 0.4) is 0 Å². The predicted octanol–water partition coefficient (Wildman–Crippen LogP) is 2.34. The van der Waals surface area contributed by atoms with Crippen LogP contribution in [0.5, 0.6) is 5.88 Å². The van der Waals surface area contributed by atoms with E-state index in [1.54, 1.807) is 0 Å². The molecule has 0 bridgehead atoms. The monoisotopic (exact) mass is 348 g/mol. The van der Waals surface area contributed by atoms with Gasteiger partial charge in [-0.1, -0.05) is 11.6 Å². The van der Waals surface area contributed by atoms with E-state index in [2.05, 4.69) is 15.4 Å².